The Balaban J connectivity index is 0.00000280. The molecule has 2 heterocycles. The maximum absolute atomic E-state index is 5.82. The van der Waals surface area contributed by atoms with E-state index in [2.05, 4.69) is 43.2 Å². The van der Waals surface area contributed by atoms with E-state index < -0.39 is 0 Å². The lowest BCUT2D eigenvalue weighted by molar-refractivity contribution is 0.660. The molecule has 0 saturated heterocycles. The minimum atomic E-state index is 0. The number of halogens is 2. The van der Waals surface area contributed by atoms with Crippen molar-refractivity contribution in [2.75, 3.05) is 19.6 Å². The fraction of sp³-hybridized carbons (Fsp3) is 0.350. The maximum Gasteiger partial charge on any atom is 0.191 e. The quantitative estimate of drug-likeness (QED) is 0.219. The largest absolute Gasteiger partial charge is 0.357 e. The summed E-state index contributed by atoms with van der Waals surface area (Å²) in [5.41, 5.74) is 3.32. The number of nitrogens with zero attached hydrogens (tertiary/aromatic N) is 4. The molecule has 3 aromatic rings. The van der Waals surface area contributed by atoms with Crippen LogP contribution >= 0.6 is 35.6 Å². The molecular formula is C20H26ClIN6. The molecule has 0 aliphatic rings. The zero-order valence-corrected chi connectivity index (χ0v) is 19.2. The van der Waals surface area contributed by atoms with Crippen molar-refractivity contribution in [2.45, 2.75) is 26.8 Å². The molecule has 0 unspecified atom stereocenters. The molecule has 6 nitrogen and oxygen atoms in total. The first-order valence-electron chi connectivity index (χ1n) is 9.22. The van der Waals surface area contributed by atoms with Crippen LogP contribution in [0.1, 0.15) is 18.3 Å². The number of hydrogen-bond acceptors (Lipinski definition) is 3. The van der Waals surface area contributed by atoms with E-state index in [4.69, 9.17) is 11.6 Å². The highest BCUT2D eigenvalue weighted by Crippen LogP contribution is 2.14. The fourth-order valence-corrected chi connectivity index (χ4v) is 3.07. The topological polar surface area (TPSA) is 67.1 Å². The molecule has 0 aliphatic carbocycles. The van der Waals surface area contributed by atoms with E-state index >= 15 is 0 Å². The van der Waals surface area contributed by atoms with Crippen LogP contribution in [0.3, 0.4) is 0 Å². The minimum absolute atomic E-state index is 0. The first-order valence-corrected chi connectivity index (χ1v) is 9.59. The predicted molar refractivity (Wildman–Crippen MR) is 127 cm³/mol. The number of pyridine rings is 1. The molecule has 0 aliphatic heterocycles. The number of aryl methyl sites for hydroxylation is 1. The van der Waals surface area contributed by atoms with Crippen LogP contribution < -0.4 is 10.6 Å². The highest BCUT2D eigenvalue weighted by molar-refractivity contribution is 14.0. The summed E-state index contributed by atoms with van der Waals surface area (Å²) in [6.07, 6.45) is 2.62. The summed E-state index contributed by atoms with van der Waals surface area (Å²) in [6.45, 7) is 7.22. The Morgan fingerprint density at radius 1 is 1.18 bits per heavy atom. The Bertz CT molecular complexity index is 907. The van der Waals surface area contributed by atoms with Crippen molar-refractivity contribution in [3.8, 4) is 0 Å². The van der Waals surface area contributed by atoms with Crippen LogP contribution in [0.15, 0.2) is 47.6 Å². The Morgan fingerprint density at radius 2 is 2.00 bits per heavy atom. The van der Waals surface area contributed by atoms with Crippen LogP contribution in [-0.2, 0) is 13.0 Å². The second-order valence-corrected chi connectivity index (χ2v) is 6.61. The van der Waals surface area contributed by atoms with E-state index in [1.807, 2.05) is 37.3 Å². The number of imidazole rings is 1. The van der Waals surface area contributed by atoms with Crippen LogP contribution in [-0.4, -0.2) is 40.1 Å². The average Bonchev–Trinajstić information content (AvgIpc) is 2.99. The Labute approximate surface area is 187 Å². The zero-order valence-electron chi connectivity index (χ0n) is 16.2. The van der Waals surface area contributed by atoms with Gasteiger partial charge in [-0.1, -0.05) is 29.8 Å². The van der Waals surface area contributed by atoms with Crippen molar-refractivity contribution in [1.82, 2.24) is 25.2 Å². The summed E-state index contributed by atoms with van der Waals surface area (Å²) in [6, 6.07) is 12.0. The van der Waals surface area contributed by atoms with E-state index in [9.17, 15) is 0 Å². The number of fused-ring (bicyclic) bond motifs is 1. The average molecular weight is 513 g/mol. The molecule has 2 N–H and O–H groups in total. The number of benzene rings is 1. The number of aromatic nitrogens is 3. The summed E-state index contributed by atoms with van der Waals surface area (Å²) < 4.78 is 2.23. The van der Waals surface area contributed by atoms with Crippen LogP contribution in [0, 0.1) is 6.92 Å². The minimum Gasteiger partial charge on any atom is -0.357 e. The van der Waals surface area contributed by atoms with Crippen LogP contribution in [0.2, 0.25) is 5.15 Å². The molecule has 2 aromatic heterocycles. The molecule has 0 spiro atoms. The third-order valence-corrected chi connectivity index (χ3v) is 4.50. The molecule has 150 valence electrons. The highest BCUT2D eigenvalue weighted by Gasteiger charge is 2.06. The lowest BCUT2D eigenvalue weighted by Crippen LogP contribution is -2.39. The van der Waals surface area contributed by atoms with Gasteiger partial charge in [0.25, 0.3) is 0 Å². The van der Waals surface area contributed by atoms with Crippen LogP contribution in [0.5, 0.6) is 0 Å². The molecule has 3 rings (SSSR count). The molecule has 8 heteroatoms. The summed E-state index contributed by atoms with van der Waals surface area (Å²) in [5.74, 6) is 1.84. The van der Waals surface area contributed by atoms with Crippen molar-refractivity contribution in [1.29, 1.82) is 0 Å². The Morgan fingerprint density at radius 3 is 2.75 bits per heavy atom. The maximum atomic E-state index is 5.82. The number of nitrogens with one attached hydrogen (secondary N) is 2. The highest BCUT2D eigenvalue weighted by atomic mass is 127. The standard InChI is InChI=1S/C20H25ClN6.HI/c1-3-22-20(23-11-10-16-8-9-19(21)25-14-16)24-12-13-27-15(2)26-17-6-4-5-7-18(17)27;/h4-9,14H,3,10-13H2,1-2H3,(H2,22,23,24);1H. The molecule has 1 aromatic carbocycles. The van der Waals surface area contributed by atoms with Gasteiger partial charge in [0.2, 0.25) is 0 Å². The van der Waals surface area contributed by atoms with Crippen molar-refractivity contribution in [3.63, 3.8) is 0 Å². The van der Waals surface area contributed by atoms with E-state index in [-0.39, 0.29) is 24.0 Å². The van der Waals surface area contributed by atoms with Crippen LogP contribution in [0.4, 0.5) is 0 Å². The fourth-order valence-electron chi connectivity index (χ4n) is 2.96. The van der Waals surface area contributed by atoms with Gasteiger partial charge in [0.15, 0.2) is 5.96 Å². The second-order valence-electron chi connectivity index (χ2n) is 6.23. The smallest absolute Gasteiger partial charge is 0.191 e. The number of hydrogen-bond donors (Lipinski definition) is 2. The van der Waals surface area contributed by atoms with Gasteiger partial charge in [-0.3, -0.25) is 4.99 Å². The molecule has 0 fully saturated rings. The second kappa shape index (κ2) is 11.2. The molecule has 0 bridgehead atoms. The zero-order chi connectivity index (χ0) is 19.1. The monoisotopic (exact) mass is 512 g/mol. The summed E-state index contributed by atoms with van der Waals surface area (Å²) in [5, 5.41) is 7.20. The number of guanidine groups is 1. The number of aliphatic imine (C=N–C) groups is 1. The van der Waals surface area contributed by atoms with Gasteiger partial charge in [-0.15, -0.1) is 24.0 Å². The SMILES string of the molecule is CCNC(=NCCc1ccc(Cl)nc1)NCCn1c(C)nc2ccccc21.I. The Kier molecular flexibility index (Phi) is 8.98. The van der Waals surface area contributed by atoms with E-state index in [1.54, 1.807) is 6.20 Å². The van der Waals surface area contributed by atoms with Crippen molar-refractivity contribution >= 4 is 52.6 Å². The number of rotatable bonds is 7. The Hall–Kier alpha value is -1.87. The van der Waals surface area contributed by atoms with E-state index in [0.717, 1.165) is 54.4 Å². The van der Waals surface area contributed by atoms with Gasteiger partial charge in [-0.2, -0.15) is 0 Å². The molecule has 0 saturated carbocycles. The lowest BCUT2D eigenvalue weighted by atomic mass is 10.2. The van der Waals surface area contributed by atoms with Gasteiger partial charge < -0.3 is 15.2 Å². The summed E-state index contributed by atoms with van der Waals surface area (Å²) in [4.78, 5) is 13.4. The van der Waals surface area contributed by atoms with Gasteiger partial charge in [0.05, 0.1) is 11.0 Å². The molecular weight excluding hydrogens is 487 g/mol. The summed E-state index contributed by atoms with van der Waals surface area (Å²) in [7, 11) is 0. The normalized spacial score (nSPS) is 11.3. The van der Waals surface area contributed by atoms with Gasteiger partial charge in [-0.25, -0.2) is 9.97 Å². The van der Waals surface area contributed by atoms with Gasteiger partial charge >= 0.3 is 0 Å². The third-order valence-electron chi connectivity index (χ3n) is 4.28. The third kappa shape index (κ3) is 6.07. The van der Waals surface area contributed by atoms with Gasteiger partial charge in [0.1, 0.15) is 11.0 Å². The number of para-hydroxylation sites is 2. The predicted octanol–water partition coefficient (Wildman–Crippen LogP) is 3.81. The van der Waals surface area contributed by atoms with E-state index in [0.29, 0.717) is 11.7 Å². The first kappa shape index (κ1) is 22.4. The van der Waals surface area contributed by atoms with Crippen molar-refractivity contribution < 1.29 is 0 Å². The van der Waals surface area contributed by atoms with Crippen molar-refractivity contribution in [3.05, 3.63) is 59.1 Å². The first-order chi connectivity index (χ1) is 13.2. The molecule has 0 amide bonds. The molecule has 0 atom stereocenters. The molecule has 0 radical (unpaired) electrons. The van der Waals surface area contributed by atoms with E-state index in [1.165, 1.54) is 0 Å². The van der Waals surface area contributed by atoms with Gasteiger partial charge in [-0.05, 0) is 44.0 Å². The lowest BCUT2D eigenvalue weighted by Gasteiger charge is -2.13. The van der Waals surface area contributed by atoms with Crippen molar-refractivity contribution in [2.24, 2.45) is 4.99 Å². The molecule has 28 heavy (non-hydrogen) atoms. The summed E-state index contributed by atoms with van der Waals surface area (Å²) >= 11 is 5.82. The van der Waals surface area contributed by atoms with Gasteiger partial charge in [0, 0.05) is 32.4 Å². The van der Waals surface area contributed by atoms with Crippen LogP contribution in [0.25, 0.3) is 11.0 Å².